The number of hydrogen-bond donors (Lipinski definition) is 2. The minimum absolute atomic E-state index is 0.0847. The zero-order valence-electron chi connectivity index (χ0n) is 12.5. The Morgan fingerprint density at radius 3 is 2.79 bits per heavy atom. The van der Waals surface area contributed by atoms with Gasteiger partial charge in [-0.05, 0) is 53.9 Å². The third kappa shape index (κ3) is 4.37. The van der Waals surface area contributed by atoms with E-state index in [4.69, 9.17) is 11.6 Å². The molecule has 0 aliphatic carbocycles. The van der Waals surface area contributed by atoms with E-state index in [-0.39, 0.29) is 16.9 Å². The molecule has 1 atom stereocenters. The van der Waals surface area contributed by atoms with Gasteiger partial charge in [-0.1, -0.05) is 35.5 Å². The van der Waals surface area contributed by atoms with Gasteiger partial charge in [0.25, 0.3) is 0 Å². The minimum atomic E-state index is -0.244. The van der Waals surface area contributed by atoms with Gasteiger partial charge in [0.15, 0.2) is 5.17 Å². The molecule has 7 heteroatoms. The van der Waals surface area contributed by atoms with Crippen LogP contribution in [0.1, 0.15) is 11.1 Å². The predicted octanol–water partition coefficient (Wildman–Crippen LogP) is 3.21. The summed E-state index contributed by atoms with van der Waals surface area (Å²) in [6.45, 7) is 0. The van der Waals surface area contributed by atoms with Crippen LogP contribution in [0.3, 0.4) is 0 Å². The van der Waals surface area contributed by atoms with E-state index in [1.807, 2.05) is 18.2 Å². The van der Waals surface area contributed by atoms with Crippen molar-refractivity contribution >= 4 is 40.7 Å². The van der Waals surface area contributed by atoms with Gasteiger partial charge >= 0.3 is 0 Å². The van der Waals surface area contributed by atoms with Crippen LogP contribution < -0.4 is 5.32 Å². The zero-order valence-corrected chi connectivity index (χ0v) is 14.1. The van der Waals surface area contributed by atoms with E-state index >= 15 is 0 Å². The second kappa shape index (κ2) is 7.51. The molecule has 2 aromatic carbocycles. The van der Waals surface area contributed by atoms with Gasteiger partial charge in [-0.3, -0.25) is 4.79 Å². The highest BCUT2D eigenvalue weighted by atomic mass is 35.5. The van der Waals surface area contributed by atoms with Gasteiger partial charge in [-0.25, -0.2) is 0 Å². The Labute approximate surface area is 148 Å². The lowest BCUT2D eigenvalue weighted by Gasteiger charge is -2.05. The SMILES string of the molecule is O=C1N/C(=N\N=C\c2ccc(O)cc2)S[C@@H]1Cc1cccc(Cl)c1. The number of amidine groups is 1. The second-order valence-corrected chi connectivity index (χ2v) is 6.80. The largest absolute Gasteiger partial charge is 0.508 e. The number of carbonyl (C=O) groups is 1. The Balaban J connectivity index is 1.62. The third-order valence-electron chi connectivity index (χ3n) is 3.34. The Morgan fingerprint density at radius 2 is 2.04 bits per heavy atom. The molecule has 122 valence electrons. The topological polar surface area (TPSA) is 74.0 Å². The summed E-state index contributed by atoms with van der Waals surface area (Å²) in [7, 11) is 0. The molecule has 2 aromatic rings. The van der Waals surface area contributed by atoms with Crippen LogP contribution in [-0.4, -0.2) is 27.6 Å². The van der Waals surface area contributed by atoms with Crippen molar-refractivity contribution in [2.45, 2.75) is 11.7 Å². The molecule has 1 amide bonds. The van der Waals surface area contributed by atoms with Crippen molar-refractivity contribution in [1.29, 1.82) is 0 Å². The van der Waals surface area contributed by atoms with Crippen LogP contribution in [0.5, 0.6) is 5.75 Å². The highest BCUT2D eigenvalue weighted by Crippen LogP contribution is 2.24. The fourth-order valence-corrected chi connectivity index (χ4v) is 3.35. The van der Waals surface area contributed by atoms with Gasteiger partial charge in [0.2, 0.25) is 5.91 Å². The number of nitrogens with zero attached hydrogens (tertiary/aromatic N) is 2. The van der Waals surface area contributed by atoms with Crippen LogP contribution in [0.4, 0.5) is 0 Å². The second-order valence-electron chi connectivity index (χ2n) is 5.17. The van der Waals surface area contributed by atoms with Gasteiger partial charge in [0.05, 0.1) is 11.5 Å². The molecule has 1 saturated heterocycles. The average Bonchev–Trinajstić information content (AvgIpc) is 2.89. The van der Waals surface area contributed by atoms with E-state index in [2.05, 4.69) is 15.5 Å². The van der Waals surface area contributed by atoms with Crippen molar-refractivity contribution in [3.8, 4) is 5.75 Å². The van der Waals surface area contributed by atoms with Crippen LogP contribution >= 0.6 is 23.4 Å². The number of halogens is 1. The molecule has 0 saturated carbocycles. The van der Waals surface area contributed by atoms with Crippen molar-refractivity contribution in [3.63, 3.8) is 0 Å². The number of benzene rings is 2. The van der Waals surface area contributed by atoms with E-state index in [1.54, 1.807) is 36.5 Å². The van der Waals surface area contributed by atoms with Crippen molar-refractivity contribution in [2.24, 2.45) is 10.2 Å². The van der Waals surface area contributed by atoms with Crippen LogP contribution in [0.2, 0.25) is 5.02 Å². The number of aromatic hydroxyl groups is 1. The van der Waals surface area contributed by atoms with E-state index in [1.165, 1.54) is 11.8 Å². The van der Waals surface area contributed by atoms with E-state index in [0.717, 1.165) is 11.1 Å². The summed E-state index contributed by atoms with van der Waals surface area (Å²) in [4.78, 5) is 12.0. The molecular weight excluding hydrogens is 346 g/mol. The molecule has 1 heterocycles. The maximum Gasteiger partial charge on any atom is 0.239 e. The van der Waals surface area contributed by atoms with Gasteiger partial charge in [-0.2, -0.15) is 5.10 Å². The number of thioether (sulfide) groups is 1. The molecule has 1 aliphatic rings. The summed E-state index contributed by atoms with van der Waals surface area (Å²) in [6, 6.07) is 14.1. The van der Waals surface area contributed by atoms with Gasteiger partial charge < -0.3 is 10.4 Å². The van der Waals surface area contributed by atoms with E-state index in [0.29, 0.717) is 16.6 Å². The molecule has 1 aliphatic heterocycles. The number of nitrogens with one attached hydrogen (secondary N) is 1. The Hall–Kier alpha value is -2.31. The van der Waals surface area contributed by atoms with Gasteiger partial charge in [0.1, 0.15) is 5.75 Å². The standard InChI is InChI=1S/C17H14ClN3O2S/c18-13-3-1-2-12(8-13)9-15-16(23)20-17(24-15)21-19-10-11-4-6-14(22)7-5-11/h1-8,10,15,22H,9H2,(H,20,21,23)/b19-10+/t15-/m1/s1. The van der Waals surface area contributed by atoms with Gasteiger partial charge in [-0.15, -0.1) is 5.10 Å². The Morgan fingerprint density at radius 1 is 1.25 bits per heavy atom. The van der Waals surface area contributed by atoms with Crippen molar-refractivity contribution in [1.82, 2.24) is 5.32 Å². The number of amides is 1. The van der Waals surface area contributed by atoms with Crippen molar-refractivity contribution in [2.75, 3.05) is 0 Å². The highest BCUT2D eigenvalue weighted by Gasteiger charge is 2.30. The lowest BCUT2D eigenvalue weighted by Crippen LogP contribution is -2.25. The molecule has 0 spiro atoms. The molecule has 0 bridgehead atoms. The first-order chi connectivity index (χ1) is 11.6. The zero-order chi connectivity index (χ0) is 16.9. The first kappa shape index (κ1) is 16.5. The fraction of sp³-hybridized carbons (Fsp3) is 0.118. The quantitative estimate of drug-likeness (QED) is 0.650. The molecule has 1 fully saturated rings. The number of phenolic OH excluding ortho intramolecular Hbond substituents is 1. The minimum Gasteiger partial charge on any atom is -0.508 e. The molecule has 0 radical (unpaired) electrons. The van der Waals surface area contributed by atoms with Crippen molar-refractivity contribution < 1.29 is 9.90 Å². The summed E-state index contributed by atoms with van der Waals surface area (Å²) in [5.41, 5.74) is 1.81. The number of carbonyl (C=O) groups excluding carboxylic acids is 1. The molecular formula is C17H14ClN3O2S. The van der Waals surface area contributed by atoms with E-state index < -0.39 is 0 Å². The monoisotopic (exact) mass is 359 g/mol. The van der Waals surface area contributed by atoms with Gasteiger partial charge in [0, 0.05) is 5.02 Å². The summed E-state index contributed by atoms with van der Waals surface area (Å²) in [5.74, 6) is 0.111. The molecule has 3 rings (SSSR count). The summed E-state index contributed by atoms with van der Waals surface area (Å²) < 4.78 is 0. The predicted molar refractivity (Wildman–Crippen MR) is 97.8 cm³/mol. The maximum atomic E-state index is 12.0. The molecule has 0 aromatic heterocycles. The number of rotatable bonds is 4. The van der Waals surface area contributed by atoms with Crippen LogP contribution in [0.25, 0.3) is 0 Å². The first-order valence-electron chi connectivity index (χ1n) is 7.22. The van der Waals surface area contributed by atoms with E-state index in [9.17, 15) is 9.90 Å². The smallest absolute Gasteiger partial charge is 0.239 e. The molecule has 0 unspecified atom stereocenters. The normalized spacial score (nSPS) is 19.1. The molecule has 24 heavy (non-hydrogen) atoms. The maximum absolute atomic E-state index is 12.0. The van der Waals surface area contributed by atoms with Crippen LogP contribution in [0.15, 0.2) is 58.7 Å². The summed E-state index contributed by atoms with van der Waals surface area (Å²) in [6.07, 6.45) is 2.14. The fourth-order valence-electron chi connectivity index (χ4n) is 2.17. The Kier molecular flexibility index (Phi) is 5.17. The van der Waals surface area contributed by atoms with Crippen LogP contribution in [0, 0.1) is 0 Å². The number of hydrogen-bond acceptors (Lipinski definition) is 5. The lowest BCUT2D eigenvalue weighted by molar-refractivity contribution is -0.118. The third-order valence-corrected chi connectivity index (χ3v) is 4.64. The highest BCUT2D eigenvalue weighted by molar-refractivity contribution is 8.15. The first-order valence-corrected chi connectivity index (χ1v) is 8.48. The average molecular weight is 360 g/mol. The van der Waals surface area contributed by atoms with Crippen molar-refractivity contribution in [3.05, 3.63) is 64.7 Å². The van der Waals surface area contributed by atoms with Crippen LogP contribution in [-0.2, 0) is 11.2 Å². The molecule has 2 N–H and O–H groups in total. The number of phenols is 1. The summed E-state index contributed by atoms with van der Waals surface area (Å²) >= 11 is 7.32. The lowest BCUT2D eigenvalue weighted by atomic mass is 10.1. The molecule has 5 nitrogen and oxygen atoms in total. The summed E-state index contributed by atoms with van der Waals surface area (Å²) in [5, 5.41) is 20.8. The Bertz CT molecular complexity index is 806.